The van der Waals surface area contributed by atoms with E-state index in [2.05, 4.69) is 9.57 Å². The summed E-state index contributed by atoms with van der Waals surface area (Å²) < 4.78 is 47.8. The largest absolute Gasteiger partial charge is 0.467 e. The number of methoxy groups -OCH3 is 1. The molecule has 0 aliphatic rings. The van der Waals surface area contributed by atoms with E-state index in [1.807, 2.05) is 5.48 Å². The number of halogens is 4. The molecule has 144 valence electrons. The molecule has 0 saturated carbocycles. The summed E-state index contributed by atoms with van der Waals surface area (Å²) in [5, 5.41) is -0.235. The van der Waals surface area contributed by atoms with E-state index in [0.29, 0.717) is 0 Å². The normalized spacial score (nSPS) is 11.0. The van der Waals surface area contributed by atoms with Gasteiger partial charge < -0.3 is 9.47 Å². The molecule has 0 atom stereocenters. The van der Waals surface area contributed by atoms with Crippen LogP contribution in [-0.2, 0) is 20.5 Å². The minimum absolute atomic E-state index is 0.0100. The number of nitrogens with one attached hydrogen (secondary N) is 1. The van der Waals surface area contributed by atoms with Gasteiger partial charge in [-0.1, -0.05) is 17.7 Å². The lowest BCUT2D eigenvalue weighted by Gasteiger charge is -2.12. The Morgan fingerprint density at radius 2 is 1.89 bits per heavy atom. The van der Waals surface area contributed by atoms with Gasteiger partial charge in [0.25, 0.3) is 5.91 Å². The van der Waals surface area contributed by atoms with E-state index in [1.165, 1.54) is 31.4 Å². The first-order valence-corrected chi connectivity index (χ1v) is 7.72. The number of rotatable bonds is 6. The quantitative estimate of drug-likeness (QED) is 0.583. The molecule has 2 rings (SSSR count). The van der Waals surface area contributed by atoms with Crippen molar-refractivity contribution in [2.75, 3.05) is 13.7 Å². The average molecular weight is 404 g/mol. The summed E-state index contributed by atoms with van der Waals surface area (Å²) in [6.45, 7) is -0.473. The summed E-state index contributed by atoms with van der Waals surface area (Å²) in [5.41, 5.74) is 1.26. The van der Waals surface area contributed by atoms with Gasteiger partial charge in [-0.3, -0.25) is 9.63 Å². The molecule has 0 spiro atoms. The number of carbonyl (C=O) groups is 2. The molecular weight excluding hydrogens is 391 g/mol. The third-order valence-electron chi connectivity index (χ3n) is 3.17. The van der Waals surface area contributed by atoms with Crippen molar-refractivity contribution in [1.82, 2.24) is 5.48 Å². The van der Waals surface area contributed by atoms with Crippen LogP contribution < -0.4 is 10.2 Å². The molecule has 27 heavy (non-hydrogen) atoms. The van der Waals surface area contributed by atoms with Gasteiger partial charge in [0.05, 0.1) is 17.7 Å². The van der Waals surface area contributed by atoms with Gasteiger partial charge in [0.1, 0.15) is 11.5 Å². The molecule has 0 aliphatic heterocycles. The van der Waals surface area contributed by atoms with E-state index in [-0.39, 0.29) is 22.1 Å². The lowest BCUT2D eigenvalue weighted by molar-refractivity contribution is -0.147. The van der Waals surface area contributed by atoms with Crippen LogP contribution in [0.2, 0.25) is 5.02 Å². The van der Waals surface area contributed by atoms with Gasteiger partial charge in [0.15, 0.2) is 6.61 Å². The average Bonchev–Trinajstić information content (AvgIpc) is 2.62. The van der Waals surface area contributed by atoms with Crippen molar-refractivity contribution in [1.29, 1.82) is 0 Å². The van der Waals surface area contributed by atoms with Crippen LogP contribution in [0.15, 0.2) is 42.5 Å². The van der Waals surface area contributed by atoms with Gasteiger partial charge in [0, 0.05) is 5.56 Å². The standard InChI is InChI=1S/C17H13ClF3NO5/c1-25-15(23)9-26-22-16(24)10-3-2-4-12(7-10)27-14-6-5-11(8-13(14)18)17(19,20)21/h2-8H,9H2,1H3,(H,22,24). The van der Waals surface area contributed by atoms with Gasteiger partial charge in [-0.2, -0.15) is 13.2 Å². The molecule has 0 heterocycles. The summed E-state index contributed by atoms with van der Waals surface area (Å²) in [7, 11) is 1.17. The van der Waals surface area contributed by atoms with E-state index in [9.17, 15) is 22.8 Å². The van der Waals surface area contributed by atoms with Crippen molar-refractivity contribution in [3.05, 3.63) is 58.6 Å². The Kier molecular flexibility index (Phi) is 6.65. The Labute approximate surface area is 156 Å². The molecular formula is C17H13ClF3NO5. The summed E-state index contributed by atoms with van der Waals surface area (Å²) >= 11 is 5.83. The molecule has 2 aromatic carbocycles. The fraction of sp³-hybridized carbons (Fsp3) is 0.176. The highest BCUT2D eigenvalue weighted by atomic mass is 35.5. The zero-order valence-corrected chi connectivity index (χ0v) is 14.6. The van der Waals surface area contributed by atoms with Crippen LogP contribution in [0.5, 0.6) is 11.5 Å². The van der Waals surface area contributed by atoms with E-state index >= 15 is 0 Å². The Morgan fingerprint density at radius 1 is 1.15 bits per heavy atom. The van der Waals surface area contributed by atoms with Crippen molar-refractivity contribution in [3.63, 3.8) is 0 Å². The molecule has 1 N–H and O–H groups in total. The van der Waals surface area contributed by atoms with Crippen molar-refractivity contribution >= 4 is 23.5 Å². The Morgan fingerprint density at radius 3 is 2.52 bits per heavy atom. The lowest BCUT2D eigenvalue weighted by atomic mass is 10.2. The topological polar surface area (TPSA) is 73.9 Å². The SMILES string of the molecule is COC(=O)CONC(=O)c1cccc(Oc2ccc(C(F)(F)F)cc2Cl)c1. The molecule has 1 amide bonds. The highest BCUT2D eigenvalue weighted by Gasteiger charge is 2.31. The monoisotopic (exact) mass is 403 g/mol. The first kappa shape index (κ1) is 20.5. The van der Waals surface area contributed by atoms with Crippen molar-refractivity contribution in [2.24, 2.45) is 0 Å². The van der Waals surface area contributed by atoms with E-state index in [1.54, 1.807) is 0 Å². The van der Waals surface area contributed by atoms with Crippen LogP contribution >= 0.6 is 11.6 Å². The van der Waals surface area contributed by atoms with Crippen molar-refractivity contribution in [2.45, 2.75) is 6.18 Å². The number of hydrogen-bond acceptors (Lipinski definition) is 5. The van der Waals surface area contributed by atoms with Crippen LogP contribution in [0.3, 0.4) is 0 Å². The van der Waals surface area contributed by atoms with Gasteiger partial charge in [-0.15, -0.1) is 0 Å². The van der Waals surface area contributed by atoms with Gasteiger partial charge in [-0.05, 0) is 36.4 Å². The first-order valence-electron chi connectivity index (χ1n) is 7.34. The molecule has 0 fully saturated rings. The summed E-state index contributed by atoms with van der Waals surface area (Å²) in [6.07, 6.45) is -4.52. The Balaban J connectivity index is 2.07. The number of amides is 1. The number of esters is 1. The minimum atomic E-state index is -4.52. The molecule has 2 aromatic rings. The number of carbonyl (C=O) groups excluding carboxylic acids is 2. The van der Waals surface area contributed by atoms with Gasteiger partial charge in [-0.25, -0.2) is 10.3 Å². The van der Waals surface area contributed by atoms with Crippen LogP contribution in [-0.4, -0.2) is 25.6 Å². The number of ether oxygens (including phenoxy) is 2. The van der Waals surface area contributed by atoms with Crippen LogP contribution in [0.25, 0.3) is 0 Å². The summed E-state index contributed by atoms with van der Waals surface area (Å²) in [4.78, 5) is 27.5. The van der Waals surface area contributed by atoms with E-state index in [0.717, 1.165) is 18.2 Å². The smallest absolute Gasteiger partial charge is 0.416 e. The number of benzene rings is 2. The Hall–Kier alpha value is -2.78. The Bertz CT molecular complexity index is 842. The van der Waals surface area contributed by atoms with Crippen LogP contribution in [0, 0.1) is 0 Å². The highest BCUT2D eigenvalue weighted by molar-refractivity contribution is 6.32. The first-order chi connectivity index (χ1) is 12.7. The third-order valence-corrected chi connectivity index (χ3v) is 3.46. The molecule has 0 aromatic heterocycles. The number of hydroxylamine groups is 1. The maximum absolute atomic E-state index is 12.7. The predicted molar refractivity (Wildman–Crippen MR) is 88.4 cm³/mol. The zero-order chi connectivity index (χ0) is 20.0. The second-order valence-electron chi connectivity index (χ2n) is 5.07. The molecule has 0 aliphatic carbocycles. The second-order valence-corrected chi connectivity index (χ2v) is 5.48. The van der Waals surface area contributed by atoms with Crippen LogP contribution in [0.1, 0.15) is 15.9 Å². The third kappa shape index (κ3) is 5.87. The summed E-state index contributed by atoms with van der Waals surface area (Å²) in [6, 6.07) is 8.40. The second kappa shape index (κ2) is 8.74. The molecule has 0 bridgehead atoms. The zero-order valence-electron chi connectivity index (χ0n) is 13.8. The number of hydrogen-bond donors (Lipinski definition) is 1. The van der Waals surface area contributed by atoms with Crippen molar-refractivity contribution in [3.8, 4) is 11.5 Å². The predicted octanol–water partition coefficient (Wildman–Crippen LogP) is 3.99. The fourth-order valence-corrected chi connectivity index (χ4v) is 2.09. The summed E-state index contributed by atoms with van der Waals surface area (Å²) in [5.74, 6) is -1.19. The maximum atomic E-state index is 12.7. The van der Waals surface area contributed by atoms with Gasteiger partial charge in [0.2, 0.25) is 0 Å². The van der Waals surface area contributed by atoms with Gasteiger partial charge >= 0.3 is 12.1 Å². The van der Waals surface area contributed by atoms with Crippen LogP contribution in [0.4, 0.5) is 13.2 Å². The van der Waals surface area contributed by atoms with E-state index in [4.69, 9.17) is 16.3 Å². The lowest BCUT2D eigenvalue weighted by Crippen LogP contribution is -2.27. The molecule has 10 heteroatoms. The number of alkyl halides is 3. The highest BCUT2D eigenvalue weighted by Crippen LogP contribution is 2.36. The van der Waals surface area contributed by atoms with Crippen molar-refractivity contribution < 1.29 is 37.1 Å². The molecule has 0 radical (unpaired) electrons. The molecule has 0 unspecified atom stereocenters. The van der Waals surface area contributed by atoms with E-state index < -0.39 is 30.2 Å². The molecule has 6 nitrogen and oxygen atoms in total. The molecule has 0 saturated heterocycles. The maximum Gasteiger partial charge on any atom is 0.416 e. The minimum Gasteiger partial charge on any atom is -0.467 e. The fourth-order valence-electron chi connectivity index (χ4n) is 1.87.